The van der Waals surface area contributed by atoms with Gasteiger partial charge in [-0.3, -0.25) is 4.79 Å². The second-order valence-electron chi connectivity index (χ2n) is 2.06. The molecule has 1 rings (SSSR count). The van der Waals surface area contributed by atoms with Crippen molar-refractivity contribution in [2.45, 2.75) is 12.8 Å². The van der Waals surface area contributed by atoms with Crippen molar-refractivity contribution in [2.75, 3.05) is 13.2 Å². The molecule has 1 fully saturated rings. The van der Waals surface area contributed by atoms with E-state index in [1.54, 1.807) is 4.90 Å². The van der Waals surface area contributed by atoms with E-state index in [0.29, 0.717) is 6.42 Å². The average Bonchev–Trinajstić information content (AvgIpc) is 2.18. The molecule has 1 N–H and O–H groups in total. The van der Waals surface area contributed by atoms with Crippen LogP contribution in [0.4, 0.5) is 0 Å². The Morgan fingerprint density at radius 1 is 1.78 bits per heavy atom. The first kappa shape index (κ1) is 6.19. The molecule has 50 valence electrons. The molecule has 1 saturated heterocycles. The molecule has 0 radical (unpaired) electrons. The highest BCUT2D eigenvalue weighted by atomic mass is 16.2. The fourth-order valence-electron chi connectivity index (χ4n) is 0.939. The molecular formula is C5H9N3O. The first-order valence-corrected chi connectivity index (χ1v) is 2.95. The zero-order chi connectivity index (χ0) is 6.69. The Labute approximate surface area is 53.4 Å². The summed E-state index contributed by atoms with van der Waals surface area (Å²) >= 11 is 0. The van der Waals surface area contributed by atoms with E-state index in [0.717, 1.165) is 13.0 Å². The molecule has 0 aromatic carbocycles. The third-order valence-electron chi connectivity index (χ3n) is 1.41. The van der Waals surface area contributed by atoms with Crippen molar-refractivity contribution < 1.29 is 4.79 Å². The van der Waals surface area contributed by atoms with Crippen molar-refractivity contribution in [3.8, 4) is 0 Å². The molecule has 0 saturated carbocycles. The third-order valence-corrected chi connectivity index (χ3v) is 1.41. The van der Waals surface area contributed by atoms with Gasteiger partial charge in [0.1, 0.15) is 6.67 Å². The van der Waals surface area contributed by atoms with E-state index in [2.05, 4.69) is 5.11 Å². The van der Waals surface area contributed by atoms with Crippen LogP contribution in [0, 0.1) is 5.53 Å². The molecule has 9 heavy (non-hydrogen) atoms. The quantitative estimate of drug-likeness (QED) is 0.542. The van der Waals surface area contributed by atoms with Gasteiger partial charge in [0.05, 0.1) is 0 Å². The average molecular weight is 127 g/mol. The van der Waals surface area contributed by atoms with Crippen LogP contribution in [0.5, 0.6) is 0 Å². The number of nitrogens with zero attached hydrogens (tertiary/aromatic N) is 2. The molecule has 0 atom stereocenters. The molecule has 0 unspecified atom stereocenters. The smallest absolute Gasteiger partial charge is 0.224 e. The second-order valence-corrected chi connectivity index (χ2v) is 2.06. The van der Waals surface area contributed by atoms with Gasteiger partial charge >= 0.3 is 0 Å². The lowest BCUT2D eigenvalue weighted by Crippen LogP contribution is -2.23. The van der Waals surface area contributed by atoms with Gasteiger partial charge in [-0.25, -0.2) is 5.53 Å². The minimum absolute atomic E-state index is 0.131. The van der Waals surface area contributed by atoms with Gasteiger partial charge in [-0.1, -0.05) is 0 Å². The molecule has 0 spiro atoms. The number of carbonyl (C=O) groups excluding carboxylic acids is 1. The van der Waals surface area contributed by atoms with Crippen LogP contribution in [0.3, 0.4) is 0 Å². The van der Waals surface area contributed by atoms with E-state index < -0.39 is 0 Å². The van der Waals surface area contributed by atoms with Crippen LogP contribution >= 0.6 is 0 Å². The summed E-state index contributed by atoms with van der Waals surface area (Å²) in [5.41, 5.74) is 6.49. The Morgan fingerprint density at radius 3 is 3.00 bits per heavy atom. The van der Waals surface area contributed by atoms with Gasteiger partial charge in [-0.05, 0) is 6.42 Å². The van der Waals surface area contributed by atoms with Crippen LogP contribution < -0.4 is 0 Å². The first-order valence-electron chi connectivity index (χ1n) is 2.95. The maximum atomic E-state index is 10.7. The summed E-state index contributed by atoms with van der Waals surface area (Å²) in [7, 11) is 0. The Morgan fingerprint density at radius 2 is 2.56 bits per heavy atom. The maximum Gasteiger partial charge on any atom is 0.224 e. The van der Waals surface area contributed by atoms with Crippen molar-refractivity contribution in [1.29, 1.82) is 5.53 Å². The van der Waals surface area contributed by atoms with Crippen LogP contribution in [-0.4, -0.2) is 24.0 Å². The van der Waals surface area contributed by atoms with Gasteiger partial charge in [-0.15, -0.1) is 0 Å². The number of carbonyl (C=O) groups is 1. The van der Waals surface area contributed by atoms with Crippen molar-refractivity contribution in [2.24, 2.45) is 5.11 Å². The second kappa shape index (κ2) is 2.57. The Kier molecular flexibility index (Phi) is 1.77. The number of amides is 1. The van der Waals surface area contributed by atoms with Crippen LogP contribution in [0.25, 0.3) is 0 Å². The lowest BCUT2D eigenvalue weighted by atomic mass is 10.4. The van der Waals surface area contributed by atoms with Crippen molar-refractivity contribution >= 4 is 5.91 Å². The van der Waals surface area contributed by atoms with Crippen LogP contribution in [-0.2, 0) is 4.79 Å². The first-order chi connectivity index (χ1) is 4.34. The molecule has 0 bridgehead atoms. The summed E-state index contributed by atoms with van der Waals surface area (Å²) in [6.45, 7) is 1.03. The van der Waals surface area contributed by atoms with Crippen LogP contribution in [0.2, 0.25) is 0 Å². The lowest BCUT2D eigenvalue weighted by molar-refractivity contribution is -0.127. The zero-order valence-corrected chi connectivity index (χ0v) is 5.13. The third kappa shape index (κ3) is 1.25. The SMILES string of the molecule is N=NCN1CCCC1=O. The largest absolute Gasteiger partial charge is 0.321 e. The van der Waals surface area contributed by atoms with Gasteiger partial charge in [0.15, 0.2) is 0 Å². The normalized spacial score (nSPS) is 18.7. The molecule has 1 aliphatic rings. The van der Waals surface area contributed by atoms with Gasteiger partial charge in [0.25, 0.3) is 0 Å². The molecule has 1 heterocycles. The molecule has 1 aliphatic heterocycles. The maximum absolute atomic E-state index is 10.7. The number of hydrogen-bond acceptors (Lipinski definition) is 3. The summed E-state index contributed by atoms with van der Waals surface area (Å²) in [6, 6.07) is 0. The fourth-order valence-corrected chi connectivity index (χ4v) is 0.939. The minimum atomic E-state index is 0.131. The summed E-state index contributed by atoms with van der Waals surface area (Å²) < 4.78 is 0. The van der Waals surface area contributed by atoms with Gasteiger partial charge in [-0.2, -0.15) is 5.11 Å². The van der Waals surface area contributed by atoms with E-state index >= 15 is 0 Å². The monoisotopic (exact) mass is 127 g/mol. The fraction of sp³-hybridized carbons (Fsp3) is 0.800. The van der Waals surface area contributed by atoms with Crippen molar-refractivity contribution in [3.63, 3.8) is 0 Å². The van der Waals surface area contributed by atoms with E-state index in [1.807, 2.05) is 0 Å². The molecule has 4 heteroatoms. The van der Waals surface area contributed by atoms with Crippen molar-refractivity contribution in [3.05, 3.63) is 0 Å². The molecular weight excluding hydrogens is 118 g/mol. The topological polar surface area (TPSA) is 56.5 Å². The zero-order valence-electron chi connectivity index (χ0n) is 5.13. The molecule has 1 amide bonds. The van der Waals surface area contributed by atoms with Crippen molar-refractivity contribution in [1.82, 2.24) is 4.90 Å². The lowest BCUT2D eigenvalue weighted by Gasteiger charge is -2.09. The van der Waals surface area contributed by atoms with Crippen LogP contribution in [0.1, 0.15) is 12.8 Å². The molecule has 0 aromatic heterocycles. The van der Waals surface area contributed by atoms with Gasteiger partial charge < -0.3 is 4.90 Å². The molecule has 0 aromatic rings. The van der Waals surface area contributed by atoms with Gasteiger partial charge in [0, 0.05) is 13.0 Å². The Hall–Kier alpha value is -0.930. The summed E-state index contributed by atoms with van der Waals surface area (Å²) in [6.07, 6.45) is 1.56. The molecule has 4 nitrogen and oxygen atoms in total. The summed E-state index contributed by atoms with van der Waals surface area (Å²) in [5, 5.41) is 3.12. The van der Waals surface area contributed by atoms with Gasteiger partial charge in [0.2, 0.25) is 5.91 Å². The molecule has 0 aliphatic carbocycles. The van der Waals surface area contributed by atoms with E-state index in [4.69, 9.17) is 5.53 Å². The Bertz CT molecular complexity index is 134. The number of likely N-dealkylation sites (tertiary alicyclic amines) is 1. The highest BCUT2D eigenvalue weighted by Crippen LogP contribution is 2.08. The predicted molar refractivity (Wildman–Crippen MR) is 31.0 cm³/mol. The number of rotatable bonds is 2. The predicted octanol–water partition coefficient (Wildman–Crippen LogP) is 0.597. The summed E-state index contributed by atoms with van der Waals surface area (Å²) in [5.74, 6) is 0.131. The number of hydrogen-bond donors (Lipinski definition) is 1. The van der Waals surface area contributed by atoms with Crippen LogP contribution in [0.15, 0.2) is 5.11 Å². The highest BCUT2D eigenvalue weighted by Gasteiger charge is 2.18. The number of nitrogens with one attached hydrogen (secondary N) is 1. The Balaban J connectivity index is 2.39. The standard InChI is InChI=1S/C5H9N3O/c6-7-4-8-3-1-2-5(8)9/h6H,1-4H2. The summed E-state index contributed by atoms with van der Waals surface area (Å²) in [4.78, 5) is 12.3. The van der Waals surface area contributed by atoms with E-state index in [9.17, 15) is 4.79 Å². The minimum Gasteiger partial charge on any atom is -0.321 e. The van der Waals surface area contributed by atoms with E-state index in [-0.39, 0.29) is 12.6 Å². The highest BCUT2D eigenvalue weighted by molar-refractivity contribution is 5.77. The van der Waals surface area contributed by atoms with E-state index in [1.165, 1.54) is 0 Å².